The lowest BCUT2D eigenvalue weighted by Crippen LogP contribution is -2.54. The topological polar surface area (TPSA) is 134 Å². The number of ether oxygens (including phenoxy) is 1. The van der Waals surface area contributed by atoms with Crippen molar-refractivity contribution in [1.29, 1.82) is 0 Å². The summed E-state index contributed by atoms with van der Waals surface area (Å²) < 4.78 is 4.99. The molecule has 2 aliphatic rings. The highest BCUT2D eigenvalue weighted by Crippen LogP contribution is 2.32. The molecule has 0 radical (unpaired) electrons. The number of benzene rings is 1. The molecule has 2 aliphatic heterocycles. The van der Waals surface area contributed by atoms with Gasteiger partial charge in [0.1, 0.15) is 6.04 Å². The van der Waals surface area contributed by atoms with Gasteiger partial charge in [-0.15, -0.1) is 0 Å². The zero-order chi connectivity index (χ0) is 21.7. The van der Waals surface area contributed by atoms with Gasteiger partial charge >= 0.3 is 6.09 Å². The van der Waals surface area contributed by atoms with Crippen LogP contribution in [0.2, 0.25) is 0 Å². The number of hydrogen-bond donors (Lipinski definition) is 3. The quantitative estimate of drug-likeness (QED) is 0.426. The van der Waals surface area contributed by atoms with Gasteiger partial charge in [0, 0.05) is 25.2 Å². The van der Waals surface area contributed by atoms with E-state index in [1.54, 1.807) is 12.1 Å². The van der Waals surface area contributed by atoms with Crippen LogP contribution in [0.4, 0.5) is 10.5 Å². The molecule has 1 atom stereocenters. The van der Waals surface area contributed by atoms with Gasteiger partial charge in [-0.3, -0.25) is 29.4 Å². The Bertz CT molecular complexity index is 884. The molecule has 10 nitrogen and oxygen atoms in total. The predicted octanol–water partition coefficient (Wildman–Crippen LogP) is 1.03. The van der Waals surface area contributed by atoms with Crippen molar-refractivity contribution >= 4 is 35.4 Å². The smallest absolute Gasteiger partial charge is 0.407 e. The molecule has 1 saturated heterocycles. The highest BCUT2D eigenvalue weighted by molar-refractivity contribution is 6.25. The van der Waals surface area contributed by atoms with Crippen LogP contribution in [0.5, 0.6) is 0 Å². The molecule has 1 fully saturated rings. The lowest BCUT2D eigenvalue weighted by atomic mass is 10.0. The van der Waals surface area contributed by atoms with Gasteiger partial charge in [-0.2, -0.15) is 0 Å². The van der Waals surface area contributed by atoms with Gasteiger partial charge < -0.3 is 15.4 Å². The Morgan fingerprint density at radius 2 is 2.00 bits per heavy atom. The van der Waals surface area contributed by atoms with Crippen LogP contribution in [-0.4, -0.2) is 60.4 Å². The van der Waals surface area contributed by atoms with E-state index in [4.69, 9.17) is 4.74 Å². The molecule has 0 aliphatic carbocycles. The summed E-state index contributed by atoms with van der Waals surface area (Å²) in [7, 11) is 0. The number of carbonyl (C=O) groups is 5. The summed E-state index contributed by atoms with van der Waals surface area (Å²) in [6.07, 6.45) is 1.37. The van der Waals surface area contributed by atoms with Crippen LogP contribution in [0.25, 0.3) is 0 Å². The molecular weight excluding hydrogens is 392 g/mol. The van der Waals surface area contributed by atoms with E-state index in [-0.39, 0.29) is 30.5 Å². The Hall–Kier alpha value is -3.43. The fraction of sp³-hybridized carbons (Fsp3) is 0.450. The Morgan fingerprint density at radius 3 is 2.73 bits per heavy atom. The van der Waals surface area contributed by atoms with E-state index in [1.165, 1.54) is 6.07 Å². The molecule has 1 aromatic carbocycles. The molecule has 0 aromatic heterocycles. The maximum absolute atomic E-state index is 13.0. The first kappa shape index (κ1) is 21.3. The second kappa shape index (κ2) is 9.38. The molecule has 160 valence electrons. The molecule has 1 aromatic rings. The minimum Gasteiger partial charge on any atom is -0.450 e. The standard InChI is InChI=1S/C20H24N4O6/c1-2-3-11-30-20(29)22-10-9-21-13-6-4-5-12-16(13)19(28)24(18(12)27)14-7-8-15(25)23-17(14)26/h4-6,14,21H,2-3,7-11H2,1H3,(H,22,29)(H,23,25,26). The number of unbranched alkanes of at least 4 members (excludes halogenated alkanes) is 1. The van der Waals surface area contributed by atoms with Crippen molar-refractivity contribution in [2.24, 2.45) is 0 Å². The number of hydrogen-bond acceptors (Lipinski definition) is 7. The van der Waals surface area contributed by atoms with Crippen molar-refractivity contribution in [3.8, 4) is 0 Å². The molecular formula is C20H24N4O6. The fourth-order valence-electron chi connectivity index (χ4n) is 3.38. The van der Waals surface area contributed by atoms with Gasteiger partial charge in [0.2, 0.25) is 11.8 Å². The SMILES string of the molecule is CCCCOC(=O)NCCNc1cccc2c1C(=O)N(C1CCC(=O)NC1=O)C2=O. The first-order valence-corrected chi connectivity index (χ1v) is 9.93. The maximum Gasteiger partial charge on any atom is 0.407 e. The molecule has 2 heterocycles. The number of alkyl carbamates (subject to hydrolysis) is 1. The van der Waals surface area contributed by atoms with Crippen LogP contribution in [-0.2, 0) is 14.3 Å². The van der Waals surface area contributed by atoms with Gasteiger partial charge in [0.25, 0.3) is 11.8 Å². The highest BCUT2D eigenvalue weighted by atomic mass is 16.5. The molecule has 30 heavy (non-hydrogen) atoms. The normalized spacial score (nSPS) is 18.2. The summed E-state index contributed by atoms with van der Waals surface area (Å²) >= 11 is 0. The van der Waals surface area contributed by atoms with E-state index >= 15 is 0 Å². The van der Waals surface area contributed by atoms with Crippen molar-refractivity contribution in [2.45, 2.75) is 38.6 Å². The summed E-state index contributed by atoms with van der Waals surface area (Å²) in [6.45, 7) is 2.92. The Labute approximate surface area is 173 Å². The number of rotatable bonds is 8. The van der Waals surface area contributed by atoms with Crippen LogP contribution >= 0.6 is 0 Å². The molecule has 3 rings (SSSR count). The summed E-state index contributed by atoms with van der Waals surface area (Å²) in [4.78, 5) is 61.7. The number of nitrogens with one attached hydrogen (secondary N) is 3. The van der Waals surface area contributed by atoms with E-state index in [9.17, 15) is 24.0 Å². The van der Waals surface area contributed by atoms with Crippen molar-refractivity contribution in [1.82, 2.24) is 15.5 Å². The molecule has 0 saturated carbocycles. The van der Waals surface area contributed by atoms with E-state index in [0.717, 1.165) is 17.7 Å². The molecule has 0 spiro atoms. The van der Waals surface area contributed by atoms with Crippen molar-refractivity contribution in [3.63, 3.8) is 0 Å². The third-order valence-electron chi connectivity index (χ3n) is 4.91. The molecule has 0 bridgehead atoms. The minimum absolute atomic E-state index is 0.0644. The molecule has 3 N–H and O–H groups in total. The Balaban J connectivity index is 1.63. The van der Waals surface area contributed by atoms with Crippen molar-refractivity contribution in [2.75, 3.05) is 25.0 Å². The summed E-state index contributed by atoms with van der Waals surface area (Å²) in [6, 6.07) is 3.79. The Morgan fingerprint density at radius 1 is 1.20 bits per heavy atom. The number of imide groups is 2. The van der Waals surface area contributed by atoms with Crippen LogP contribution in [0.3, 0.4) is 0 Å². The van der Waals surface area contributed by atoms with Crippen LogP contribution < -0.4 is 16.0 Å². The number of anilines is 1. The average molecular weight is 416 g/mol. The van der Waals surface area contributed by atoms with E-state index in [0.29, 0.717) is 18.8 Å². The van der Waals surface area contributed by atoms with Gasteiger partial charge in [0.15, 0.2) is 0 Å². The van der Waals surface area contributed by atoms with Gasteiger partial charge in [-0.05, 0) is 25.0 Å². The number of piperidine rings is 1. The average Bonchev–Trinajstić information content (AvgIpc) is 2.97. The largest absolute Gasteiger partial charge is 0.450 e. The first-order chi connectivity index (χ1) is 14.4. The second-order valence-corrected chi connectivity index (χ2v) is 7.02. The number of carbonyl (C=O) groups excluding carboxylic acids is 5. The zero-order valence-corrected chi connectivity index (χ0v) is 16.7. The maximum atomic E-state index is 13.0. The van der Waals surface area contributed by atoms with Gasteiger partial charge in [-0.1, -0.05) is 19.4 Å². The predicted molar refractivity (Wildman–Crippen MR) is 106 cm³/mol. The third kappa shape index (κ3) is 4.42. The Kier molecular flexibility index (Phi) is 6.65. The van der Waals surface area contributed by atoms with Gasteiger partial charge in [-0.25, -0.2) is 4.79 Å². The first-order valence-electron chi connectivity index (χ1n) is 9.93. The number of nitrogens with zero attached hydrogens (tertiary/aromatic N) is 1. The van der Waals surface area contributed by atoms with Crippen molar-refractivity contribution < 1.29 is 28.7 Å². The minimum atomic E-state index is -1.01. The van der Waals surface area contributed by atoms with Crippen molar-refractivity contribution in [3.05, 3.63) is 29.3 Å². The highest BCUT2D eigenvalue weighted by Gasteiger charge is 2.45. The third-order valence-corrected chi connectivity index (χ3v) is 4.91. The zero-order valence-electron chi connectivity index (χ0n) is 16.7. The summed E-state index contributed by atoms with van der Waals surface area (Å²) in [5.74, 6) is -2.22. The van der Waals surface area contributed by atoms with Gasteiger partial charge in [0.05, 0.1) is 17.7 Å². The van der Waals surface area contributed by atoms with Crippen LogP contribution in [0, 0.1) is 0 Å². The molecule has 10 heteroatoms. The summed E-state index contributed by atoms with van der Waals surface area (Å²) in [5, 5.41) is 7.80. The summed E-state index contributed by atoms with van der Waals surface area (Å²) in [5.41, 5.74) is 0.807. The number of fused-ring (bicyclic) bond motifs is 1. The fourth-order valence-corrected chi connectivity index (χ4v) is 3.38. The van der Waals surface area contributed by atoms with Crippen LogP contribution in [0.15, 0.2) is 18.2 Å². The van der Waals surface area contributed by atoms with Crippen LogP contribution in [0.1, 0.15) is 53.3 Å². The molecule has 1 unspecified atom stereocenters. The molecule has 5 amide bonds. The monoisotopic (exact) mass is 416 g/mol. The number of amides is 5. The second-order valence-electron chi connectivity index (χ2n) is 7.02. The van der Waals surface area contributed by atoms with E-state index in [1.807, 2.05) is 6.92 Å². The van der Waals surface area contributed by atoms with E-state index in [2.05, 4.69) is 16.0 Å². The van der Waals surface area contributed by atoms with E-state index < -0.39 is 35.8 Å². The lowest BCUT2D eigenvalue weighted by molar-refractivity contribution is -0.136. The lowest BCUT2D eigenvalue weighted by Gasteiger charge is -2.27.